The Morgan fingerprint density at radius 3 is 1.97 bits per heavy atom. The highest BCUT2D eigenvalue weighted by Gasteiger charge is 2.33. The highest BCUT2D eigenvalue weighted by molar-refractivity contribution is 5.67. The number of rotatable bonds is 8. The van der Waals surface area contributed by atoms with Gasteiger partial charge in [-0.25, -0.2) is 0 Å². The molecule has 34 heavy (non-hydrogen) atoms. The number of hydrogen-bond donors (Lipinski definition) is 2. The second kappa shape index (κ2) is 10.8. The Balaban J connectivity index is 1.66. The van der Waals surface area contributed by atoms with Crippen LogP contribution in [0.2, 0.25) is 0 Å². The fourth-order valence-corrected chi connectivity index (χ4v) is 4.22. The molecule has 8 heteroatoms. The summed E-state index contributed by atoms with van der Waals surface area (Å²) in [4.78, 5) is 4.30. The summed E-state index contributed by atoms with van der Waals surface area (Å²) in [5.41, 5.74) is 2.94. The predicted molar refractivity (Wildman–Crippen MR) is 127 cm³/mol. The van der Waals surface area contributed by atoms with Gasteiger partial charge in [0.25, 0.3) is 0 Å². The van der Waals surface area contributed by atoms with E-state index >= 15 is 0 Å². The maximum Gasteiger partial charge on any atom is 0.573 e. The highest BCUT2D eigenvalue weighted by atomic mass is 19.4. The summed E-state index contributed by atoms with van der Waals surface area (Å²) in [6.45, 7) is 3.73. The molecule has 3 aromatic carbocycles. The number of nitrogens with one attached hydrogen (secondary N) is 1. The number of alkyl halides is 3. The molecule has 5 nitrogen and oxygen atoms in total. The normalized spacial score (nSPS) is 14.9. The molecule has 1 fully saturated rings. The van der Waals surface area contributed by atoms with Crippen LogP contribution >= 0.6 is 0 Å². The molecule has 0 bridgehead atoms. The molecule has 0 atom stereocenters. The van der Waals surface area contributed by atoms with E-state index in [1.807, 2.05) is 60.7 Å². The number of aliphatic hydroxyl groups excluding tert-OH is 1. The van der Waals surface area contributed by atoms with Gasteiger partial charge in [0.05, 0.1) is 18.3 Å². The van der Waals surface area contributed by atoms with Crippen molar-refractivity contribution in [3.05, 3.63) is 90.0 Å². The van der Waals surface area contributed by atoms with Crippen LogP contribution in [0.4, 0.5) is 24.5 Å². The molecule has 0 spiro atoms. The van der Waals surface area contributed by atoms with E-state index in [0.717, 1.165) is 43.0 Å². The average molecular weight is 472 g/mol. The standard InChI is InChI=1S/C26H28F3N3O2/c27-26(28,29)34-24-12-11-22(32-15-13-31(14-16-32)17-18-33)19-23(24)30-25(20-7-3-1-4-8-20)21-9-5-2-6-10-21/h1-12,19,25,30,33H,13-18H2. The predicted octanol–water partition coefficient (Wildman–Crippen LogP) is 4.90. The smallest absolute Gasteiger partial charge is 0.404 e. The van der Waals surface area contributed by atoms with E-state index in [2.05, 4.69) is 19.9 Å². The lowest BCUT2D eigenvalue weighted by Crippen LogP contribution is -2.47. The summed E-state index contributed by atoms with van der Waals surface area (Å²) in [5.74, 6) is -0.271. The van der Waals surface area contributed by atoms with E-state index in [1.165, 1.54) is 6.07 Å². The van der Waals surface area contributed by atoms with Gasteiger partial charge in [-0.2, -0.15) is 0 Å². The van der Waals surface area contributed by atoms with Crippen molar-refractivity contribution in [1.82, 2.24) is 4.90 Å². The molecule has 0 radical (unpaired) electrons. The molecule has 0 aliphatic carbocycles. The largest absolute Gasteiger partial charge is 0.573 e. The number of β-amino-alcohol motifs (C(OH)–C–C–N with tert-alkyl or cyclic N) is 1. The topological polar surface area (TPSA) is 48.0 Å². The van der Waals surface area contributed by atoms with E-state index in [-0.39, 0.29) is 24.1 Å². The zero-order valence-corrected chi connectivity index (χ0v) is 18.7. The van der Waals surface area contributed by atoms with Crippen molar-refractivity contribution >= 4 is 11.4 Å². The highest BCUT2D eigenvalue weighted by Crippen LogP contribution is 2.37. The van der Waals surface area contributed by atoms with Gasteiger partial charge in [-0.3, -0.25) is 4.90 Å². The Labute approximate surface area is 197 Å². The number of benzene rings is 3. The van der Waals surface area contributed by atoms with Gasteiger partial charge >= 0.3 is 6.36 Å². The molecule has 180 valence electrons. The molecule has 0 saturated carbocycles. The van der Waals surface area contributed by atoms with E-state index in [4.69, 9.17) is 5.11 Å². The van der Waals surface area contributed by atoms with Crippen LogP contribution in [0, 0.1) is 0 Å². The van der Waals surface area contributed by atoms with Crippen LogP contribution in [-0.2, 0) is 0 Å². The summed E-state index contributed by atoms with van der Waals surface area (Å²) in [7, 11) is 0. The molecule has 2 N–H and O–H groups in total. The van der Waals surface area contributed by atoms with Crippen LogP contribution in [0.5, 0.6) is 5.75 Å². The van der Waals surface area contributed by atoms with Gasteiger partial charge in [-0.15, -0.1) is 13.2 Å². The number of piperazine rings is 1. The molecular weight excluding hydrogens is 443 g/mol. The Morgan fingerprint density at radius 1 is 0.853 bits per heavy atom. The minimum atomic E-state index is -4.80. The van der Waals surface area contributed by atoms with Gasteiger partial charge in [0.15, 0.2) is 5.75 Å². The van der Waals surface area contributed by atoms with E-state index < -0.39 is 6.36 Å². The summed E-state index contributed by atoms with van der Waals surface area (Å²) in [5, 5.41) is 12.5. The van der Waals surface area contributed by atoms with E-state index in [9.17, 15) is 13.2 Å². The second-order valence-electron chi connectivity index (χ2n) is 8.18. The maximum atomic E-state index is 13.2. The van der Waals surface area contributed by atoms with Gasteiger partial charge < -0.3 is 20.1 Å². The summed E-state index contributed by atoms with van der Waals surface area (Å²) < 4.78 is 43.9. The van der Waals surface area contributed by atoms with Crippen LogP contribution < -0.4 is 15.0 Å². The fourth-order valence-electron chi connectivity index (χ4n) is 4.22. The van der Waals surface area contributed by atoms with Crippen molar-refractivity contribution in [2.75, 3.05) is 49.5 Å². The van der Waals surface area contributed by atoms with Crippen LogP contribution in [0.25, 0.3) is 0 Å². The molecule has 1 aliphatic heterocycles. The van der Waals surface area contributed by atoms with Gasteiger partial charge in [0, 0.05) is 38.4 Å². The molecule has 1 saturated heterocycles. The van der Waals surface area contributed by atoms with Gasteiger partial charge in [0.1, 0.15) is 0 Å². The molecule has 0 aromatic heterocycles. The molecule has 3 aromatic rings. The van der Waals surface area contributed by atoms with Crippen molar-refractivity contribution in [2.45, 2.75) is 12.4 Å². The van der Waals surface area contributed by atoms with E-state index in [1.54, 1.807) is 12.1 Å². The van der Waals surface area contributed by atoms with Crippen LogP contribution in [0.1, 0.15) is 17.2 Å². The zero-order valence-electron chi connectivity index (χ0n) is 18.7. The van der Waals surface area contributed by atoms with Crippen LogP contribution in [-0.4, -0.2) is 55.7 Å². The first-order valence-electron chi connectivity index (χ1n) is 11.3. The van der Waals surface area contributed by atoms with Crippen LogP contribution in [0.3, 0.4) is 0 Å². The number of hydrogen-bond acceptors (Lipinski definition) is 5. The van der Waals surface area contributed by atoms with Crippen molar-refractivity contribution in [1.29, 1.82) is 0 Å². The zero-order chi connectivity index (χ0) is 24.0. The number of anilines is 2. The Kier molecular flexibility index (Phi) is 7.59. The molecule has 1 heterocycles. The van der Waals surface area contributed by atoms with Crippen LogP contribution in [0.15, 0.2) is 78.9 Å². The van der Waals surface area contributed by atoms with Crippen molar-refractivity contribution in [3.8, 4) is 5.75 Å². The maximum absolute atomic E-state index is 13.2. The lowest BCUT2D eigenvalue weighted by Gasteiger charge is -2.36. The lowest BCUT2D eigenvalue weighted by atomic mass is 9.98. The first-order valence-corrected chi connectivity index (χ1v) is 11.3. The summed E-state index contributed by atoms with van der Waals surface area (Å²) >= 11 is 0. The fraction of sp³-hybridized carbons (Fsp3) is 0.308. The molecule has 0 amide bonds. The summed E-state index contributed by atoms with van der Waals surface area (Å²) in [6.07, 6.45) is -4.80. The minimum Gasteiger partial charge on any atom is -0.404 e. The first-order chi connectivity index (χ1) is 16.4. The second-order valence-corrected chi connectivity index (χ2v) is 8.18. The van der Waals surface area contributed by atoms with Gasteiger partial charge in [-0.1, -0.05) is 60.7 Å². The monoisotopic (exact) mass is 471 g/mol. The number of halogens is 3. The average Bonchev–Trinajstić information content (AvgIpc) is 2.84. The van der Waals surface area contributed by atoms with Gasteiger partial charge in [-0.05, 0) is 29.3 Å². The third-order valence-electron chi connectivity index (χ3n) is 5.91. The molecule has 4 rings (SSSR count). The number of nitrogens with zero attached hydrogens (tertiary/aromatic N) is 2. The van der Waals surface area contributed by atoms with E-state index in [0.29, 0.717) is 6.54 Å². The molecular formula is C26H28F3N3O2. The minimum absolute atomic E-state index is 0.109. The summed E-state index contributed by atoms with van der Waals surface area (Å²) in [6, 6.07) is 23.6. The quantitative estimate of drug-likeness (QED) is 0.489. The molecule has 1 aliphatic rings. The molecule has 0 unspecified atom stereocenters. The third-order valence-corrected chi connectivity index (χ3v) is 5.91. The van der Waals surface area contributed by atoms with Gasteiger partial charge in [0.2, 0.25) is 0 Å². The number of ether oxygens (including phenoxy) is 1. The third kappa shape index (κ3) is 6.21. The Morgan fingerprint density at radius 2 is 1.44 bits per heavy atom. The Bertz CT molecular complexity index is 1000. The SMILES string of the molecule is OCCN1CCN(c2ccc(OC(F)(F)F)c(NC(c3ccccc3)c3ccccc3)c2)CC1. The Hall–Kier alpha value is -3.23. The number of aliphatic hydroxyl groups is 1. The van der Waals surface area contributed by atoms with Crippen molar-refractivity contribution in [2.24, 2.45) is 0 Å². The van der Waals surface area contributed by atoms with Crippen molar-refractivity contribution < 1.29 is 23.0 Å². The van der Waals surface area contributed by atoms with Crippen molar-refractivity contribution in [3.63, 3.8) is 0 Å². The lowest BCUT2D eigenvalue weighted by molar-refractivity contribution is -0.274. The first kappa shape index (κ1) is 23.9.